The van der Waals surface area contributed by atoms with Crippen molar-refractivity contribution in [3.8, 4) is 0 Å². The Morgan fingerprint density at radius 3 is 2.90 bits per heavy atom. The number of hydrogen-bond acceptors (Lipinski definition) is 3. The van der Waals surface area contributed by atoms with E-state index in [-0.39, 0.29) is 10.9 Å². The van der Waals surface area contributed by atoms with Crippen LogP contribution in [0.25, 0.3) is 0 Å². The molecule has 0 aromatic carbocycles. The molecule has 0 saturated heterocycles. The molecule has 2 rings (SSSR count). The monoisotopic (exact) mass is 297 g/mol. The second-order valence-corrected chi connectivity index (χ2v) is 6.63. The minimum atomic E-state index is -0.0388. The molecule has 2 unspecified atom stereocenters. The average molecular weight is 298 g/mol. The van der Waals surface area contributed by atoms with Crippen molar-refractivity contribution in [1.29, 1.82) is 0 Å². The molecule has 0 aliphatic heterocycles. The van der Waals surface area contributed by atoms with E-state index < -0.39 is 0 Å². The fraction of sp³-hybridized carbons (Fsp3) is 0.733. The predicted molar refractivity (Wildman–Crippen MR) is 83.4 cm³/mol. The summed E-state index contributed by atoms with van der Waals surface area (Å²) in [5.74, 6) is 1.32. The van der Waals surface area contributed by atoms with Gasteiger partial charge in [-0.1, -0.05) is 26.7 Å². The maximum atomic E-state index is 12.3. The second kappa shape index (κ2) is 7.11. The van der Waals surface area contributed by atoms with Gasteiger partial charge in [-0.2, -0.15) is 0 Å². The summed E-state index contributed by atoms with van der Waals surface area (Å²) in [4.78, 5) is 16.4. The van der Waals surface area contributed by atoms with Crippen LogP contribution in [0.4, 0.5) is 5.82 Å². The maximum Gasteiger partial charge on any atom is 0.293 e. The molecule has 1 aliphatic carbocycles. The van der Waals surface area contributed by atoms with E-state index in [9.17, 15) is 4.79 Å². The molecule has 0 bridgehead atoms. The van der Waals surface area contributed by atoms with Crippen LogP contribution in [-0.2, 0) is 6.54 Å². The molecule has 112 valence electrons. The van der Waals surface area contributed by atoms with E-state index in [1.54, 1.807) is 17.0 Å². The Balaban J connectivity index is 2.00. The summed E-state index contributed by atoms with van der Waals surface area (Å²) in [5, 5.41) is 3.42. The lowest BCUT2D eigenvalue weighted by atomic mass is 9.89. The summed E-state index contributed by atoms with van der Waals surface area (Å²) in [7, 11) is 0. The van der Waals surface area contributed by atoms with Crippen molar-refractivity contribution < 1.29 is 0 Å². The van der Waals surface area contributed by atoms with Crippen LogP contribution in [0.1, 0.15) is 39.5 Å². The lowest BCUT2D eigenvalue weighted by Gasteiger charge is -2.27. The molecule has 4 nitrogen and oxygen atoms in total. The summed E-state index contributed by atoms with van der Waals surface area (Å²) < 4.78 is 1.72. The third kappa shape index (κ3) is 3.98. The molecule has 1 saturated carbocycles. The quantitative estimate of drug-likeness (QED) is 0.850. The predicted octanol–water partition coefficient (Wildman–Crippen LogP) is 3.11. The Morgan fingerprint density at radius 2 is 2.20 bits per heavy atom. The Kier molecular flexibility index (Phi) is 5.46. The zero-order valence-electron chi connectivity index (χ0n) is 12.3. The van der Waals surface area contributed by atoms with E-state index in [4.69, 9.17) is 11.6 Å². The topological polar surface area (TPSA) is 46.9 Å². The van der Waals surface area contributed by atoms with Crippen molar-refractivity contribution in [3.63, 3.8) is 0 Å². The number of anilines is 1. The number of aromatic nitrogens is 2. The second-order valence-electron chi connectivity index (χ2n) is 6.07. The van der Waals surface area contributed by atoms with Crippen LogP contribution in [0.2, 0.25) is 0 Å². The van der Waals surface area contributed by atoms with Crippen LogP contribution in [0.5, 0.6) is 0 Å². The van der Waals surface area contributed by atoms with E-state index in [0.29, 0.717) is 17.7 Å². The highest BCUT2D eigenvalue weighted by molar-refractivity contribution is 6.20. The van der Waals surface area contributed by atoms with Crippen molar-refractivity contribution in [2.75, 3.05) is 11.9 Å². The van der Waals surface area contributed by atoms with Crippen LogP contribution in [0.3, 0.4) is 0 Å². The van der Waals surface area contributed by atoms with Crippen LogP contribution >= 0.6 is 11.6 Å². The van der Waals surface area contributed by atoms with Crippen molar-refractivity contribution in [2.24, 2.45) is 11.8 Å². The van der Waals surface area contributed by atoms with Gasteiger partial charge in [0.2, 0.25) is 0 Å². The molecule has 0 amide bonds. The Bertz CT molecular complexity index is 486. The third-order valence-electron chi connectivity index (χ3n) is 3.82. The largest absolute Gasteiger partial charge is 0.365 e. The Labute approximate surface area is 125 Å². The molecular formula is C15H24ClN3O. The van der Waals surface area contributed by atoms with Gasteiger partial charge >= 0.3 is 0 Å². The van der Waals surface area contributed by atoms with Gasteiger partial charge in [0, 0.05) is 30.9 Å². The number of hydrogen-bond donors (Lipinski definition) is 1. The van der Waals surface area contributed by atoms with Crippen LogP contribution in [-0.4, -0.2) is 21.5 Å². The number of nitrogens with zero attached hydrogens (tertiary/aromatic N) is 2. The Hall–Kier alpha value is -1.03. The van der Waals surface area contributed by atoms with Gasteiger partial charge in [-0.05, 0) is 24.7 Å². The molecule has 0 radical (unpaired) electrons. The summed E-state index contributed by atoms with van der Waals surface area (Å²) in [6.07, 6.45) is 8.09. The highest BCUT2D eigenvalue weighted by Crippen LogP contribution is 2.28. The van der Waals surface area contributed by atoms with Gasteiger partial charge < -0.3 is 9.88 Å². The SMILES string of the molecule is CC(C)Cn1ccnc(NCC2CCCCC2Cl)c1=O. The molecule has 1 fully saturated rings. The lowest BCUT2D eigenvalue weighted by molar-refractivity contribution is 0.380. The van der Waals surface area contributed by atoms with Crippen LogP contribution < -0.4 is 10.9 Å². The van der Waals surface area contributed by atoms with Crippen LogP contribution in [0, 0.1) is 11.8 Å². The first-order valence-electron chi connectivity index (χ1n) is 7.51. The van der Waals surface area contributed by atoms with Gasteiger partial charge in [0.25, 0.3) is 5.56 Å². The number of nitrogens with one attached hydrogen (secondary N) is 1. The number of rotatable bonds is 5. The first-order chi connectivity index (χ1) is 9.58. The molecule has 2 atom stereocenters. The van der Waals surface area contributed by atoms with Gasteiger partial charge in [-0.3, -0.25) is 4.79 Å². The van der Waals surface area contributed by atoms with Crippen molar-refractivity contribution >= 4 is 17.4 Å². The summed E-state index contributed by atoms with van der Waals surface area (Å²) in [6.45, 7) is 5.65. The lowest BCUT2D eigenvalue weighted by Crippen LogP contribution is -2.31. The van der Waals surface area contributed by atoms with Gasteiger partial charge in [0.05, 0.1) is 0 Å². The normalized spacial score (nSPS) is 23.0. The van der Waals surface area contributed by atoms with Gasteiger partial charge in [-0.25, -0.2) is 4.98 Å². The minimum absolute atomic E-state index is 0.0388. The smallest absolute Gasteiger partial charge is 0.293 e. The molecule has 1 N–H and O–H groups in total. The van der Waals surface area contributed by atoms with Gasteiger partial charge in [-0.15, -0.1) is 11.6 Å². The molecule has 1 heterocycles. The molecule has 0 spiro atoms. The highest BCUT2D eigenvalue weighted by Gasteiger charge is 2.23. The van der Waals surface area contributed by atoms with E-state index in [1.807, 2.05) is 0 Å². The fourth-order valence-electron chi connectivity index (χ4n) is 2.73. The first-order valence-corrected chi connectivity index (χ1v) is 7.95. The van der Waals surface area contributed by atoms with E-state index >= 15 is 0 Å². The minimum Gasteiger partial charge on any atom is -0.365 e. The Morgan fingerprint density at radius 1 is 1.45 bits per heavy atom. The first kappa shape index (κ1) is 15.4. The van der Waals surface area contributed by atoms with Crippen molar-refractivity contribution in [1.82, 2.24) is 9.55 Å². The maximum absolute atomic E-state index is 12.3. The third-order valence-corrected chi connectivity index (χ3v) is 4.40. The average Bonchev–Trinajstić information content (AvgIpc) is 2.41. The van der Waals surface area contributed by atoms with Gasteiger partial charge in [0.1, 0.15) is 0 Å². The van der Waals surface area contributed by atoms with Crippen molar-refractivity contribution in [3.05, 3.63) is 22.7 Å². The van der Waals surface area contributed by atoms with E-state index in [1.165, 1.54) is 12.8 Å². The highest BCUT2D eigenvalue weighted by atomic mass is 35.5. The number of alkyl halides is 1. The van der Waals surface area contributed by atoms with E-state index in [0.717, 1.165) is 25.9 Å². The zero-order valence-corrected chi connectivity index (χ0v) is 13.1. The summed E-state index contributed by atoms with van der Waals surface area (Å²) in [5.41, 5.74) is -0.0388. The molecule has 20 heavy (non-hydrogen) atoms. The van der Waals surface area contributed by atoms with E-state index in [2.05, 4.69) is 24.1 Å². The fourth-order valence-corrected chi connectivity index (χ4v) is 3.10. The number of halogens is 1. The standard InChI is InChI=1S/C15H24ClN3O/c1-11(2)10-19-8-7-17-14(15(19)20)18-9-12-5-3-4-6-13(12)16/h7-8,11-13H,3-6,9-10H2,1-2H3,(H,17,18). The van der Waals surface area contributed by atoms with Crippen molar-refractivity contribution in [2.45, 2.75) is 51.5 Å². The summed E-state index contributed by atoms with van der Waals surface area (Å²) >= 11 is 6.35. The molecular weight excluding hydrogens is 274 g/mol. The molecule has 1 aromatic rings. The summed E-state index contributed by atoms with van der Waals surface area (Å²) in [6, 6.07) is 0. The molecule has 1 aliphatic rings. The molecule has 5 heteroatoms. The molecule has 1 aromatic heterocycles. The van der Waals surface area contributed by atoms with Crippen LogP contribution in [0.15, 0.2) is 17.2 Å². The van der Waals surface area contributed by atoms with Gasteiger partial charge in [0.15, 0.2) is 5.82 Å². The zero-order chi connectivity index (χ0) is 14.5.